The summed E-state index contributed by atoms with van der Waals surface area (Å²) < 4.78 is 1.70. The first-order chi connectivity index (χ1) is 9.75. The Bertz CT molecular complexity index is 578. The number of rotatable bonds is 2. The average Bonchev–Trinajstić information content (AvgIpc) is 2.73. The highest BCUT2D eigenvalue weighted by atomic mass is 16.2. The van der Waals surface area contributed by atoms with Crippen LogP contribution in [0.3, 0.4) is 0 Å². The first kappa shape index (κ1) is 15.6. The van der Waals surface area contributed by atoms with Crippen LogP contribution in [0.25, 0.3) is 0 Å². The quantitative estimate of drug-likeness (QED) is 0.852. The SMILES string of the molecule is CCn1nc(C)c(N)c1C(=O)N1CC=C(C(C)(C)C)CC1. The second-order valence-electron chi connectivity index (χ2n) is 6.64. The predicted molar refractivity (Wildman–Crippen MR) is 85.1 cm³/mol. The van der Waals surface area contributed by atoms with Crippen LogP contribution < -0.4 is 5.73 Å². The number of anilines is 1. The fraction of sp³-hybridized carbons (Fsp3) is 0.625. The van der Waals surface area contributed by atoms with Crippen LogP contribution in [0.1, 0.15) is 50.3 Å². The molecular weight excluding hydrogens is 264 g/mol. The molecule has 5 nitrogen and oxygen atoms in total. The minimum Gasteiger partial charge on any atom is -0.395 e. The summed E-state index contributed by atoms with van der Waals surface area (Å²) in [7, 11) is 0. The van der Waals surface area contributed by atoms with E-state index >= 15 is 0 Å². The lowest BCUT2D eigenvalue weighted by molar-refractivity contribution is 0.0753. The molecule has 1 amide bonds. The van der Waals surface area contributed by atoms with Gasteiger partial charge in [0.2, 0.25) is 0 Å². The zero-order valence-corrected chi connectivity index (χ0v) is 13.7. The molecule has 0 unspecified atom stereocenters. The van der Waals surface area contributed by atoms with Gasteiger partial charge in [0, 0.05) is 19.6 Å². The molecule has 1 aromatic rings. The van der Waals surface area contributed by atoms with E-state index in [1.807, 2.05) is 18.7 Å². The van der Waals surface area contributed by atoms with Crippen LogP contribution >= 0.6 is 0 Å². The van der Waals surface area contributed by atoms with Crippen LogP contribution in [-0.4, -0.2) is 33.7 Å². The Labute approximate surface area is 126 Å². The van der Waals surface area contributed by atoms with Gasteiger partial charge in [0.25, 0.3) is 5.91 Å². The monoisotopic (exact) mass is 290 g/mol. The van der Waals surface area contributed by atoms with Crippen molar-refractivity contribution in [2.24, 2.45) is 5.41 Å². The Balaban J connectivity index is 2.22. The molecule has 2 N–H and O–H groups in total. The summed E-state index contributed by atoms with van der Waals surface area (Å²) >= 11 is 0. The molecular formula is C16H26N4O. The molecule has 21 heavy (non-hydrogen) atoms. The van der Waals surface area contributed by atoms with E-state index in [1.165, 1.54) is 5.57 Å². The van der Waals surface area contributed by atoms with Crippen molar-refractivity contribution < 1.29 is 4.79 Å². The number of nitrogens with zero attached hydrogens (tertiary/aromatic N) is 3. The van der Waals surface area contributed by atoms with Gasteiger partial charge >= 0.3 is 0 Å². The number of hydrogen-bond donors (Lipinski definition) is 1. The Hall–Kier alpha value is -1.78. The van der Waals surface area contributed by atoms with Crippen LogP contribution in [0.5, 0.6) is 0 Å². The van der Waals surface area contributed by atoms with Gasteiger partial charge in [-0.2, -0.15) is 5.10 Å². The molecule has 0 spiro atoms. The summed E-state index contributed by atoms with van der Waals surface area (Å²) in [6, 6.07) is 0. The molecule has 2 rings (SSSR count). The Morgan fingerprint density at radius 2 is 2.10 bits per heavy atom. The fourth-order valence-electron chi connectivity index (χ4n) is 2.73. The van der Waals surface area contributed by atoms with Crippen molar-refractivity contribution in [3.05, 3.63) is 23.0 Å². The summed E-state index contributed by atoms with van der Waals surface area (Å²) in [6.07, 6.45) is 3.10. The van der Waals surface area contributed by atoms with E-state index in [-0.39, 0.29) is 11.3 Å². The van der Waals surface area contributed by atoms with Crippen molar-refractivity contribution in [2.75, 3.05) is 18.8 Å². The van der Waals surface area contributed by atoms with E-state index in [0.29, 0.717) is 24.5 Å². The second kappa shape index (κ2) is 5.54. The summed E-state index contributed by atoms with van der Waals surface area (Å²) in [5.74, 6) is -0.0147. The Morgan fingerprint density at radius 3 is 2.57 bits per heavy atom. The van der Waals surface area contributed by atoms with Gasteiger partial charge in [-0.3, -0.25) is 9.48 Å². The molecule has 1 aliphatic heterocycles. The van der Waals surface area contributed by atoms with E-state index in [1.54, 1.807) is 4.68 Å². The molecule has 0 aliphatic carbocycles. The maximum Gasteiger partial charge on any atom is 0.274 e. The van der Waals surface area contributed by atoms with E-state index in [9.17, 15) is 4.79 Å². The lowest BCUT2D eigenvalue weighted by atomic mass is 9.83. The molecule has 0 atom stereocenters. The van der Waals surface area contributed by atoms with Crippen LogP contribution in [0.4, 0.5) is 5.69 Å². The van der Waals surface area contributed by atoms with Crippen molar-refractivity contribution >= 4 is 11.6 Å². The molecule has 116 valence electrons. The third-order valence-corrected chi connectivity index (χ3v) is 4.14. The van der Waals surface area contributed by atoms with Gasteiger partial charge < -0.3 is 10.6 Å². The van der Waals surface area contributed by atoms with Crippen LogP contribution in [0, 0.1) is 12.3 Å². The maximum absolute atomic E-state index is 12.7. The van der Waals surface area contributed by atoms with Gasteiger partial charge in [0.15, 0.2) is 0 Å². The zero-order valence-electron chi connectivity index (χ0n) is 13.7. The smallest absolute Gasteiger partial charge is 0.274 e. The van der Waals surface area contributed by atoms with Crippen LogP contribution in [0.2, 0.25) is 0 Å². The minimum absolute atomic E-state index is 0.0147. The van der Waals surface area contributed by atoms with Crippen LogP contribution in [-0.2, 0) is 6.54 Å². The Kier molecular flexibility index (Phi) is 4.12. The molecule has 0 bridgehead atoms. The topological polar surface area (TPSA) is 64.2 Å². The first-order valence-electron chi connectivity index (χ1n) is 7.57. The highest BCUT2D eigenvalue weighted by molar-refractivity contribution is 5.98. The third kappa shape index (κ3) is 2.96. The van der Waals surface area contributed by atoms with Gasteiger partial charge in [-0.15, -0.1) is 0 Å². The summed E-state index contributed by atoms with van der Waals surface area (Å²) in [5, 5.41) is 4.33. The van der Waals surface area contributed by atoms with Gasteiger partial charge in [-0.05, 0) is 25.7 Å². The van der Waals surface area contributed by atoms with Gasteiger partial charge in [0.05, 0.1) is 11.4 Å². The molecule has 0 aromatic carbocycles. The van der Waals surface area contributed by atoms with Gasteiger partial charge in [-0.25, -0.2) is 0 Å². The van der Waals surface area contributed by atoms with Crippen molar-refractivity contribution in [1.29, 1.82) is 0 Å². The molecule has 0 saturated carbocycles. The number of amides is 1. The van der Waals surface area contributed by atoms with Crippen molar-refractivity contribution in [1.82, 2.24) is 14.7 Å². The highest BCUT2D eigenvalue weighted by Crippen LogP contribution is 2.30. The molecule has 1 aromatic heterocycles. The van der Waals surface area contributed by atoms with Crippen LogP contribution in [0.15, 0.2) is 11.6 Å². The molecule has 0 fully saturated rings. The van der Waals surface area contributed by atoms with Crippen molar-refractivity contribution in [3.63, 3.8) is 0 Å². The number of hydrogen-bond acceptors (Lipinski definition) is 3. The number of aromatic nitrogens is 2. The van der Waals surface area contributed by atoms with Crippen molar-refractivity contribution in [3.8, 4) is 0 Å². The van der Waals surface area contributed by atoms with E-state index in [2.05, 4.69) is 31.9 Å². The van der Waals surface area contributed by atoms with E-state index < -0.39 is 0 Å². The first-order valence-corrected chi connectivity index (χ1v) is 7.57. The summed E-state index contributed by atoms with van der Waals surface area (Å²) in [5.41, 5.74) is 9.39. The van der Waals surface area contributed by atoms with E-state index in [0.717, 1.165) is 18.7 Å². The third-order valence-electron chi connectivity index (χ3n) is 4.14. The molecule has 1 aliphatic rings. The van der Waals surface area contributed by atoms with E-state index in [4.69, 9.17) is 5.73 Å². The molecule has 0 radical (unpaired) electrons. The Morgan fingerprint density at radius 1 is 1.43 bits per heavy atom. The van der Waals surface area contributed by atoms with Gasteiger partial charge in [-0.1, -0.05) is 32.4 Å². The summed E-state index contributed by atoms with van der Waals surface area (Å²) in [4.78, 5) is 14.6. The predicted octanol–water partition coefficient (Wildman–Crippen LogP) is 2.61. The van der Waals surface area contributed by atoms with Crippen molar-refractivity contribution in [2.45, 2.75) is 47.6 Å². The minimum atomic E-state index is -0.0147. The lowest BCUT2D eigenvalue weighted by Gasteiger charge is -2.32. The maximum atomic E-state index is 12.7. The largest absolute Gasteiger partial charge is 0.395 e. The number of carbonyl (C=O) groups is 1. The molecule has 0 saturated heterocycles. The fourth-order valence-corrected chi connectivity index (χ4v) is 2.73. The number of carbonyl (C=O) groups excluding carboxylic acids is 1. The highest BCUT2D eigenvalue weighted by Gasteiger charge is 2.27. The number of aryl methyl sites for hydroxylation is 2. The average molecular weight is 290 g/mol. The van der Waals surface area contributed by atoms with Gasteiger partial charge in [0.1, 0.15) is 5.69 Å². The molecule has 5 heteroatoms. The number of nitrogen functional groups attached to an aromatic ring is 1. The zero-order chi connectivity index (χ0) is 15.8. The summed E-state index contributed by atoms with van der Waals surface area (Å²) in [6.45, 7) is 12.5. The lowest BCUT2D eigenvalue weighted by Crippen LogP contribution is -2.37. The second-order valence-corrected chi connectivity index (χ2v) is 6.64. The standard InChI is InChI=1S/C16H26N4O/c1-6-20-14(13(17)11(2)18-20)15(21)19-9-7-12(8-10-19)16(3,4)5/h7H,6,8-10,17H2,1-5H3. The number of nitrogens with two attached hydrogens (primary N) is 1. The normalized spacial score (nSPS) is 16.0. The molecule has 2 heterocycles.